The van der Waals surface area contributed by atoms with Crippen LogP contribution in [0.3, 0.4) is 0 Å². The van der Waals surface area contributed by atoms with Gasteiger partial charge in [-0.3, -0.25) is 4.79 Å². The maximum absolute atomic E-state index is 13.0. The van der Waals surface area contributed by atoms with Gasteiger partial charge in [0.25, 0.3) is 0 Å². The van der Waals surface area contributed by atoms with E-state index in [1.807, 2.05) is 12.1 Å². The Hall–Kier alpha value is -1.55. The van der Waals surface area contributed by atoms with Gasteiger partial charge in [0.2, 0.25) is 5.91 Å². The van der Waals surface area contributed by atoms with E-state index in [2.05, 4.69) is 49.6 Å². The number of methoxy groups -OCH3 is 1. The SMILES string of the molecule is CCN(C(=O)C1CCN(C(C)C)CC1)[C@@H](C)Cc1ccc(OC)cc1. The summed E-state index contributed by atoms with van der Waals surface area (Å²) in [5, 5.41) is 0. The molecule has 0 saturated carbocycles. The van der Waals surface area contributed by atoms with E-state index in [0.29, 0.717) is 11.9 Å². The minimum absolute atomic E-state index is 0.188. The van der Waals surface area contributed by atoms with Crippen LogP contribution in [-0.2, 0) is 11.2 Å². The lowest BCUT2D eigenvalue weighted by Crippen LogP contribution is -2.47. The Bertz CT molecular complexity index is 533. The molecule has 2 rings (SSSR count). The van der Waals surface area contributed by atoms with Gasteiger partial charge in [-0.15, -0.1) is 0 Å². The molecule has 4 nitrogen and oxygen atoms in total. The minimum Gasteiger partial charge on any atom is -0.497 e. The maximum atomic E-state index is 13.0. The number of hydrogen-bond donors (Lipinski definition) is 0. The molecule has 1 aromatic carbocycles. The van der Waals surface area contributed by atoms with Crippen LogP contribution in [0.1, 0.15) is 46.1 Å². The van der Waals surface area contributed by atoms with Crippen LogP contribution in [0.15, 0.2) is 24.3 Å². The summed E-state index contributed by atoms with van der Waals surface area (Å²) in [5.41, 5.74) is 1.24. The van der Waals surface area contributed by atoms with Crippen LogP contribution in [0.2, 0.25) is 0 Å². The lowest BCUT2D eigenvalue weighted by atomic mass is 9.93. The number of carbonyl (C=O) groups is 1. The van der Waals surface area contributed by atoms with Gasteiger partial charge in [-0.05, 0) is 77.7 Å². The van der Waals surface area contributed by atoms with Crippen molar-refractivity contribution in [2.24, 2.45) is 5.92 Å². The number of amides is 1. The number of piperidine rings is 1. The number of nitrogens with zero attached hydrogens (tertiary/aromatic N) is 2. The molecular formula is C21H34N2O2. The molecule has 1 fully saturated rings. The van der Waals surface area contributed by atoms with Gasteiger partial charge in [0.15, 0.2) is 0 Å². The van der Waals surface area contributed by atoms with Gasteiger partial charge >= 0.3 is 0 Å². The molecular weight excluding hydrogens is 312 g/mol. The first-order valence-electron chi connectivity index (χ1n) is 9.63. The van der Waals surface area contributed by atoms with E-state index in [4.69, 9.17) is 4.74 Å². The van der Waals surface area contributed by atoms with Crippen molar-refractivity contribution in [1.82, 2.24) is 9.80 Å². The summed E-state index contributed by atoms with van der Waals surface area (Å²) in [5.74, 6) is 1.40. The predicted molar refractivity (Wildman–Crippen MR) is 103 cm³/mol. The molecule has 1 atom stereocenters. The average molecular weight is 347 g/mol. The summed E-state index contributed by atoms with van der Waals surface area (Å²) in [6.07, 6.45) is 2.86. The van der Waals surface area contributed by atoms with E-state index in [0.717, 1.165) is 44.6 Å². The number of ether oxygens (including phenoxy) is 1. The van der Waals surface area contributed by atoms with E-state index in [9.17, 15) is 4.79 Å². The summed E-state index contributed by atoms with van der Waals surface area (Å²) >= 11 is 0. The van der Waals surface area contributed by atoms with Crippen LogP contribution in [0.5, 0.6) is 5.75 Å². The van der Waals surface area contributed by atoms with E-state index in [1.165, 1.54) is 5.56 Å². The molecule has 0 aliphatic carbocycles. The zero-order valence-corrected chi connectivity index (χ0v) is 16.5. The number of carbonyl (C=O) groups excluding carboxylic acids is 1. The molecule has 4 heteroatoms. The highest BCUT2D eigenvalue weighted by Gasteiger charge is 2.30. The summed E-state index contributed by atoms with van der Waals surface area (Å²) in [6, 6.07) is 8.95. The van der Waals surface area contributed by atoms with Crippen LogP contribution in [-0.4, -0.2) is 54.5 Å². The smallest absolute Gasteiger partial charge is 0.226 e. The molecule has 1 aliphatic rings. The molecule has 0 unspecified atom stereocenters. The van der Waals surface area contributed by atoms with E-state index < -0.39 is 0 Å². The summed E-state index contributed by atoms with van der Waals surface area (Å²) in [6.45, 7) is 11.6. The highest BCUT2D eigenvalue weighted by molar-refractivity contribution is 5.79. The lowest BCUT2D eigenvalue weighted by Gasteiger charge is -2.37. The second-order valence-electron chi connectivity index (χ2n) is 7.43. The van der Waals surface area contributed by atoms with Crippen molar-refractivity contribution < 1.29 is 9.53 Å². The van der Waals surface area contributed by atoms with Gasteiger partial charge in [-0.1, -0.05) is 12.1 Å². The van der Waals surface area contributed by atoms with Crippen molar-refractivity contribution in [3.05, 3.63) is 29.8 Å². The highest BCUT2D eigenvalue weighted by Crippen LogP contribution is 2.23. The Morgan fingerprint density at radius 3 is 2.28 bits per heavy atom. The third kappa shape index (κ3) is 5.21. The lowest BCUT2D eigenvalue weighted by molar-refractivity contribution is -0.139. The fourth-order valence-electron chi connectivity index (χ4n) is 3.79. The normalized spacial score (nSPS) is 17.5. The second kappa shape index (κ2) is 9.23. The molecule has 0 radical (unpaired) electrons. The average Bonchev–Trinajstić information content (AvgIpc) is 2.63. The fraction of sp³-hybridized carbons (Fsp3) is 0.667. The van der Waals surface area contributed by atoms with Gasteiger partial charge in [-0.2, -0.15) is 0 Å². The van der Waals surface area contributed by atoms with Gasteiger partial charge < -0.3 is 14.5 Å². The summed E-state index contributed by atoms with van der Waals surface area (Å²) in [7, 11) is 1.68. The Morgan fingerprint density at radius 2 is 1.80 bits per heavy atom. The van der Waals surface area contributed by atoms with E-state index >= 15 is 0 Å². The van der Waals surface area contributed by atoms with E-state index in [-0.39, 0.29) is 12.0 Å². The summed E-state index contributed by atoms with van der Waals surface area (Å²) in [4.78, 5) is 17.6. The number of benzene rings is 1. The molecule has 25 heavy (non-hydrogen) atoms. The van der Waals surface area contributed by atoms with Gasteiger partial charge in [0.05, 0.1) is 7.11 Å². The first-order chi connectivity index (χ1) is 12.0. The van der Waals surface area contributed by atoms with Crippen molar-refractivity contribution in [3.63, 3.8) is 0 Å². The Kier molecular flexibility index (Phi) is 7.30. The maximum Gasteiger partial charge on any atom is 0.226 e. The Balaban J connectivity index is 1.94. The monoisotopic (exact) mass is 346 g/mol. The Morgan fingerprint density at radius 1 is 1.20 bits per heavy atom. The molecule has 1 aromatic rings. The first-order valence-corrected chi connectivity index (χ1v) is 9.63. The standard InChI is InChI=1S/C21H34N2O2/c1-6-23(17(4)15-18-7-9-20(25-5)10-8-18)21(24)19-11-13-22(14-12-19)16(2)3/h7-10,16-17,19H,6,11-15H2,1-5H3/t17-/m0/s1. The van der Waals surface area contributed by atoms with Crippen LogP contribution < -0.4 is 4.74 Å². The van der Waals surface area contributed by atoms with Crippen molar-refractivity contribution in [1.29, 1.82) is 0 Å². The first kappa shape index (κ1) is 19.8. The molecule has 0 bridgehead atoms. The molecule has 1 heterocycles. The minimum atomic E-state index is 0.188. The van der Waals surface area contributed by atoms with Crippen molar-refractivity contribution >= 4 is 5.91 Å². The van der Waals surface area contributed by atoms with Crippen LogP contribution in [0.4, 0.5) is 0 Å². The molecule has 140 valence electrons. The number of likely N-dealkylation sites (N-methyl/N-ethyl adjacent to an activating group) is 1. The molecule has 0 spiro atoms. The number of rotatable bonds is 7. The third-order valence-corrected chi connectivity index (χ3v) is 5.46. The predicted octanol–water partition coefficient (Wildman–Crippen LogP) is 3.60. The van der Waals surface area contributed by atoms with E-state index in [1.54, 1.807) is 7.11 Å². The molecule has 1 aliphatic heterocycles. The zero-order chi connectivity index (χ0) is 18.4. The topological polar surface area (TPSA) is 32.8 Å². The highest BCUT2D eigenvalue weighted by atomic mass is 16.5. The van der Waals surface area contributed by atoms with Crippen molar-refractivity contribution in [3.8, 4) is 5.75 Å². The zero-order valence-electron chi connectivity index (χ0n) is 16.5. The molecule has 1 saturated heterocycles. The second-order valence-corrected chi connectivity index (χ2v) is 7.43. The quantitative estimate of drug-likeness (QED) is 0.756. The molecule has 1 amide bonds. The molecule has 0 aromatic heterocycles. The Labute approximate surface area is 153 Å². The van der Waals surface area contributed by atoms with Crippen molar-refractivity contribution in [2.75, 3.05) is 26.7 Å². The molecule has 0 N–H and O–H groups in total. The third-order valence-electron chi connectivity index (χ3n) is 5.46. The van der Waals surface area contributed by atoms with Gasteiger partial charge in [0, 0.05) is 24.5 Å². The van der Waals surface area contributed by atoms with Gasteiger partial charge in [-0.25, -0.2) is 0 Å². The van der Waals surface area contributed by atoms with Crippen LogP contribution in [0, 0.1) is 5.92 Å². The summed E-state index contributed by atoms with van der Waals surface area (Å²) < 4.78 is 5.22. The van der Waals surface area contributed by atoms with Crippen molar-refractivity contribution in [2.45, 2.75) is 59.0 Å². The van der Waals surface area contributed by atoms with Crippen LogP contribution in [0.25, 0.3) is 0 Å². The number of hydrogen-bond acceptors (Lipinski definition) is 3. The van der Waals surface area contributed by atoms with Crippen LogP contribution >= 0.6 is 0 Å². The number of likely N-dealkylation sites (tertiary alicyclic amines) is 1. The largest absolute Gasteiger partial charge is 0.497 e. The van der Waals surface area contributed by atoms with Gasteiger partial charge in [0.1, 0.15) is 5.75 Å². The fourth-order valence-corrected chi connectivity index (χ4v) is 3.79.